The molecule has 100 valence electrons. The third kappa shape index (κ3) is 3.03. The number of nitrogens with one attached hydrogen (secondary N) is 1. The molecule has 2 rings (SSSR count). The highest BCUT2D eigenvalue weighted by Crippen LogP contribution is 2.24. The number of benzene rings is 1. The summed E-state index contributed by atoms with van der Waals surface area (Å²) in [4.78, 5) is 2.40. The van der Waals surface area contributed by atoms with E-state index in [0.717, 1.165) is 19.7 Å². The van der Waals surface area contributed by atoms with Gasteiger partial charge in [-0.05, 0) is 45.5 Å². The van der Waals surface area contributed by atoms with Gasteiger partial charge in [0.2, 0.25) is 0 Å². The SMILES string of the molecule is CN[C@H](C)c1ccc(N2CCOC(C)(C)C2)cc1. The topological polar surface area (TPSA) is 24.5 Å². The standard InChI is InChI=1S/C15H24N2O/c1-12(16-4)13-5-7-14(8-6-13)17-9-10-18-15(2,3)11-17/h5-8,12,16H,9-11H2,1-4H3/t12-/m1/s1. The molecule has 0 unspecified atom stereocenters. The quantitative estimate of drug-likeness (QED) is 0.890. The van der Waals surface area contributed by atoms with E-state index in [2.05, 4.69) is 55.3 Å². The van der Waals surface area contributed by atoms with Crippen molar-refractivity contribution in [1.82, 2.24) is 5.32 Å². The Morgan fingerprint density at radius 3 is 2.50 bits per heavy atom. The van der Waals surface area contributed by atoms with E-state index in [1.165, 1.54) is 11.3 Å². The van der Waals surface area contributed by atoms with Gasteiger partial charge in [-0.25, -0.2) is 0 Å². The zero-order valence-corrected chi connectivity index (χ0v) is 11.9. The number of morpholine rings is 1. The Bertz CT molecular complexity index is 386. The summed E-state index contributed by atoms with van der Waals surface area (Å²) >= 11 is 0. The molecule has 18 heavy (non-hydrogen) atoms. The molecular weight excluding hydrogens is 224 g/mol. The highest BCUT2D eigenvalue weighted by Gasteiger charge is 2.27. The first-order chi connectivity index (χ1) is 8.52. The molecule has 0 bridgehead atoms. The summed E-state index contributed by atoms with van der Waals surface area (Å²) < 4.78 is 5.74. The Labute approximate surface area is 110 Å². The van der Waals surface area contributed by atoms with E-state index in [-0.39, 0.29) is 5.60 Å². The van der Waals surface area contributed by atoms with Gasteiger partial charge < -0.3 is 15.0 Å². The summed E-state index contributed by atoms with van der Waals surface area (Å²) in [6, 6.07) is 9.24. The second-order valence-corrected chi connectivity index (χ2v) is 5.63. The average molecular weight is 248 g/mol. The molecule has 3 heteroatoms. The molecule has 0 aliphatic carbocycles. The lowest BCUT2D eigenvalue weighted by Crippen LogP contribution is -2.48. The van der Waals surface area contributed by atoms with Crippen LogP contribution in [0.5, 0.6) is 0 Å². The number of hydrogen-bond donors (Lipinski definition) is 1. The Morgan fingerprint density at radius 2 is 1.94 bits per heavy atom. The van der Waals surface area contributed by atoms with E-state index in [1.807, 2.05) is 7.05 Å². The second-order valence-electron chi connectivity index (χ2n) is 5.63. The maximum atomic E-state index is 5.74. The van der Waals surface area contributed by atoms with E-state index in [0.29, 0.717) is 6.04 Å². The lowest BCUT2D eigenvalue weighted by molar-refractivity contribution is -0.0276. The normalized spacial score (nSPS) is 20.8. The van der Waals surface area contributed by atoms with E-state index in [9.17, 15) is 0 Å². The van der Waals surface area contributed by atoms with E-state index in [4.69, 9.17) is 4.74 Å². The second kappa shape index (κ2) is 5.29. The van der Waals surface area contributed by atoms with Crippen LogP contribution in [0.4, 0.5) is 5.69 Å². The van der Waals surface area contributed by atoms with Gasteiger partial charge in [-0.2, -0.15) is 0 Å². The molecule has 1 aliphatic heterocycles. The van der Waals surface area contributed by atoms with Crippen LogP contribution in [0.25, 0.3) is 0 Å². The smallest absolute Gasteiger partial charge is 0.0801 e. The minimum absolute atomic E-state index is 0.0464. The number of hydrogen-bond acceptors (Lipinski definition) is 3. The molecular formula is C15H24N2O. The van der Waals surface area contributed by atoms with Crippen LogP contribution in [0.15, 0.2) is 24.3 Å². The lowest BCUT2D eigenvalue weighted by atomic mass is 10.0. The van der Waals surface area contributed by atoms with Gasteiger partial charge in [0.1, 0.15) is 0 Å². The molecule has 0 aromatic heterocycles. The first-order valence-corrected chi connectivity index (χ1v) is 6.68. The van der Waals surface area contributed by atoms with E-state index >= 15 is 0 Å². The molecule has 0 amide bonds. The molecule has 1 heterocycles. The Hall–Kier alpha value is -1.06. The zero-order chi connectivity index (χ0) is 13.2. The van der Waals surface area contributed by atoms with Gasteiger partial charge in [-0.15, -0.1) is 0 Å². The summed E-state index contributed by atoms with van der Waals surface area (Å²) in [6.07, 6.45) is 0. The third-order valence-corrected chi connectivity index (χ3v) is 3.62. The molecule has 1 aliphatic rings. The van der Waals surface area contributed by atoms with Crippen molar-refractivity contribution < 1.29 is 4.74 Å². The van der Waals surface area contributed by atoms with Crippen molar-refractivity contribution in [1.29, 1.82) is 0 Å². The number of nitrogens with zero attached hydrogens (tertiary/aromatic N) is 1. The van der Waals surface area contributed by atoms with Crippen molar-refractivity contribution in [2.75, 3.05) is 31.6 Å². The van der Waals surface area contributed by atoms with Gasteiger partial charge in [-0.1, -0.05) is 12.1 Å². The van der Waals surface area contributed by atoms with Crippen LogP contribution in [0.3, 0.4) is 0 Å². The van der Waals surface area contributed by atoms with Gasteiger partial charge in [-0.3, -0.25) is 0 Å². The molecule has 1 fully saturated rings. The summed E-state index contributed by atoms with van der Waals surface area (Å²) in [5.41, 5.74) is 2.57. The van der Waals surface area contributed by atoms with Gasteiger partial charge in [0.05, 0.1) is 12.2 Å². The van der Waals surface area contributed by atoms with Crippen LogP contribution in [0.1, 0.15) is 32.4 Å². The Balaban J connectivity index is 2.09. The number of ether oxygens (including phenoxy) is 1. The minimum atomic E-state index is -0.0464. The van der Waals surface area contributed by atoms with E-state index < -0.39 is 0 Å². The van der Waals surface area contributed by atoms with Crippen molar-refractivity contribution in [3.63, 3.8) is 0 Å². The maximum Gasteiger partial charge on any atom is 0.0801 e. The maximum absolute atomic E-state index is 5.74. The largest absolute Gasteiger partial charge is 0.372 e. The minimum Gasteiger partial charge on any atom is -0.372 e. The highest BCUT2D eigenvalue weighted by molar-refractivity contribution is 5.48. The third-order valence-electron chi connectivity index (χ3n) is 3.62. The highest BCUT2D eigenvalue weighted by atomic mass is 16.5. The Kier molecular flexibility index (Phi) is 3.93. The van der Waals surface area contributed by atoms with Crippen LogP contribution in [-0.2, 0) is 4.74 Å². The van der Waals surface area contributed by atoms with Crippen LogP contribution in [0.2, 0.25) is 0 Å². The first kappa shape index (κ1) is 13.4. The summed E-state index contributed by atoms with van der Waals surface area (Å²) in [5.74, 6) is 0. The molecule has 0 radical (unpaired) electrons. The summed E-state index contributed by atoms with van der Waals surface area (Å²) in [5, 5.41) is 3.26. The summed E-state index contributed by atoms with van der Waals surface area (Å²) in [6.45, 7) is 9.21. The van der Waals surface area contributed by atoms with Crippen molar-refractivity contribution in [3.05, 3.63) is 29.8 Å². The predicted octanol–water partition coefficient (Wildman–Crippen LogP) is 2.58. The van der Waals surface area contributed by atoms with Gasteiger partial charge in [0.15, 0.2) is 0 Å². The molecule has 3 nitrogen and oxygen atoms in total. The van der Waals surface area contributed by atoms with Crippen molar-refractivity contribution in [3.8, 4) is 0 Å². The Morgan fingerprint density at radius 1 is 1.28 bits per heavy atom. The molecule has 1 atom stereocenters. The van der Waals surface area contributed by atoms with Crippen molar-refractivity contribution in [2.24, 2.45) is 0 Å². The number of rotatable bonds is 3. The van der Waals surface area contributed by atoms with Crippen LogP contribution >= 0.6 is 0 Å². The first-order valence-electron chi connectivity index (χ1n) is 6.68. The van der Waals surface area contributed by atoms with Crippen LogP contribution < -0.4 is 10.2 Å². The van der Waals surface area contributed by atoms with Crippen molar-refractivity contribution >= 4 is 5.69 Å². The fourth-order valence-corrected chi connectivity index (χ4v) is 2.38. The number of anilines is 1. The molecule has 0 spiro atoms. The predicted molar refractivity (Wildman–Crippen MR) is 76.2 cm³/mol. The molecule has 1 aromatic rings. The lowest BCUT2D eigenvalue weighted by Gasteiger charge is -2.39. The zero-order valence-electron chi connectivity index (χ0n) is 11.9. The van der Waals surface area contributed by atoms with Gasteiger partial charge in [0.25, 0.3) is 0 Å². The molecule has 0 saturated carbocycles. The monoisotopic (exact) mass is 248 g/mol. The van der Waals surface area contributed by atoms with Crippen LogP contribution in [0, 0.1) is 0 Å². The van der Waals surface area contributed by atoms with Crippen LogP contribution in [-0.4, -0.2) is 32.3 Å². The van der Waals surface area contributed by atoms with E-state index in [1.54, 1.807) is 0 Å². The molecule has 1 saturated heterocycles. The van der Waals surface area contributed by atoms with Crippen molar-refractivity contribution in [2.45, 2.75) is 32.4 Å². The fraction of sp³-hybridized carbons (Fsp3) is 0.600. The average Bonchev–Trinajstić information content (AvgIpc) is 2.37. The fourth-order valence-electron chi connectivity index (χ4n) is 2.38. The molecule has 1 aromatic carbocycles. The molecule has 1 N–H and O–H groups in total. The summed E-state index contributed by atoms with van der Waals surface area (Å²) in [7, 11) is 1.99. The van der Waals surface area contributed by atoms with Gasteiger partial charge in [0, 0.05) is 24.8 Å². The van der Waals surface area contributed by atoms with Gasteiger partial charge >= 0.3 is 0 Å².